The van der Waals surface area contributed by atoms with Crippen LogP contribution in [0.15, 0.2) is 53.7 Å². The van der Waals surface area contributed by atoms with Gasteiger partial charge < -0.3 is 33.9 Å². The molecule has 0 radical (unpaired) electrons. The van der Waals surface area contributed by atoms with Crippen molar-refractivity contribution in [2.24, 2.45) is 0 Å². The van der Waals surface area contributed by atoms with Crippen molar-refractivity contribution >= 4 is 35.0 Å². The molecule has 33 heavy (non-hydrogen) atoms. The summed E-state index contributed by atoms with van der Waals surface area (Å²) in [5.41, 5.74) is 1.67. The Morgan fingerprint density at radius 1 is 0.879 bits per heavy atom. The molecule has 2 aromatic carbocycles. The molecule has 1 heterocycles. The minimum Gasteiger partial charge on any atom is -0.495 e. The van der Waals surface area contributed by atoms with Gasteiger partial charge in [0, 0.05) is 0 Å². The number of anilines is 3. The zero-order valence-corrected chi connectivity index (χ0v) is 18.7. The summed E-state index contributed by atoms with van der Waals surface area (Å²) < 4.78 is 25.5. The average Bonchev–Trinajstić information content (AvgIpc) is 2.87. The third-order valence-electron chi connectivity index (χ3n) is 4.92. The number of nitrogens with zero attached hydrogens (tertiary/aromatic N) is 1. The quantitative estimate of drug-likeness (QED) is 0.493. The maximum Gasteiger partial charge on any atom is 0.355 e. The Balaban J connectivity index is 2.20. The lowest BCUT2D eigenvalue weighted by molar-refractivity contribution is -0.140. The number of esters is 3. The van der Waals surface area contributed by atoms with Crippen LogP contribution < -0.4 is 15.0 Å². The summed E-state index contributed by atoms with van der Waals surface area (Å²) in [5.74, 6) is -1.49. The van der Waals surface area contributed by atoms with Gasteiger partial charge in [-0.15, -0.1) is 0 Å². The highest BCUT2D eigenvalue weighted by Crippen LogP contribution is 2.37. The van der Waals surface area contributed by atoms with Gasteiger partial charge in [-0.3, -0.25) is 0 Å². The summed E-state index contributed by atoms with van der Waals surface area (Å²) in [6.45, 7) is -0.226. The van der Waals surface area contributed by atoms with Gasteiger partial charge in [-0.1, -0.05) is 12.1 Å². The maximum absolute atomic E-state index is 12.7. The molecule has 10 nitrogen and oxygen atoms in total. The summed E-state index contributed by atoms with van der Waals surface area (Å²) in [6.07, 6.45) is 0. The largest absolute Gasteiger partial charge is 0.495 e. The van der Waals surface area contributed by atoms with E-state index in [4.69, 9.17) is 23.7 Å². The molecule has 0 spiro atoms. The number of carbonyl (C=O) groups excluding carboxylic acids is 3. The standard InChI is InChI=1S/C23H24N2O8/c1-29-19-8-6-5-7-17(19)24-16-10-9-14(21(26)30-2)11-18(16)25-13-33-12-15(22(27)31-3)20(25)23(28)32-4/h5-11,24H,12-13H2,1-4H3. The normalized spacial score (nSPS) is 13.3. The van der Waals surface area contributed by atoms with Crippen LogP contribution in [0, 0.1) is 0 Å². The molecule has 0 atom stereocenters. The lowest BCUT2D eigenvalue weighted by Crippen LogP contribution is -2.39. The number of nitrogens with one attached hydrogen (secondary N) is 1. The monoisotopic (exact) mass is 456 g/mol. The van der Waals surface area contributed by atoms with Crippen molar-refractivity contribution in [2.75, 3.05) is 52.0 Å². The predicted octanol–water partition coefficient (Wildman–Crippen LogP) is 2.62. The minimum atomic E-state index is -0.759. The first-order valence-corrected chi connectivity index (χ1v) is 9.82. The van der Waals surface area contributed by atoms with Crippen molar-refractivity contribution in [2.45, 2.75) is 0 Å². The maximum atomic E-state index is 12.7. The molecule has 1 aliphatic rings. The number of benzene rings is 2. The van der Waals surface area contributed by atoms with E-state index < -0.39 is 17.9 Å². The molecule has 0 unspecified atom stereocenters. The van der Waals surface area contributed by atoms with Gasteiger partial charge in [-0.05, 0) is 30.3 Å². The summed E-state index contributed by atoms with van der Waals surface area (Å²) in [5, 5.41) is 3.24. The van der Waals surface area contributed by atoms with E-state index >= 15 is 0 Å². The fourth-order valence-corrected chi connectivity index (χ4v) is 3.33. The second-order valence-electron chi connectivity index (χ2n) is 6.76. The molecule has 0 bridgehead atoms. The third kappa shape index (κ3) is 4.90. The predicted molar refractivity (Wildman–Crippen MR) is 118 cm³/mol. The van der Waals surface area contributed by atoms with Gasteiger partial charge >= 0.3 is 17.9 Å². The van der Waals surface area contributed by atoms with Crippen LogP contribution in [-0.2, 0) is 28.5 Å². The van der Waals surface area contributed by atoms with Gasteiger partial charge in [0.25, 0.3) is 0 Å². The Morgan fingerprint density at radius 2 is 1.58 bits per heavy atom. The average molecular weight is 456 g/mol. The smallest absolute Gasteiger partial charge is 0.355 e. The molecule has 10 heteroatoms. The van der Waals surface area contributed by atoms with E-state index in [0.717, 1.165) is 0 Å². The van der Waals surface area contributed by atoms with Crippen molar-refractivity contribution in [3.05, 3.63) is 59.3 Å². The van der Waals surface area contributed by atoms with Gasteiger partial charge in [0.15, 0.2) is 0 Å². The Morgan fingerprint density at radius 3 is 2.24 bits per heavy atom. The second-order valence-corrected chi connectivity index (χ2v) is 6.76. The Hall–Kier alpha value is -4.05. The SMILES string of the molecule is COC(=O)C1=C(C(=O)OC)N(c2cc(C(=O)OC)ccc2Nc2ccccc2OC)COC1. The van der Waals surface area contributed by atoms with E-state index in [1.54, 1.807) is 31.4 Å². The Bertz CT molecular complexity index is 1100. The van der Waals surface area contributed by atoms with Crippen molar-refractivity contribution in [3.8, 4) is 5.75 Å². The molecular weight excluding hydrogens is 432 g/mol. The van der Waals surface area contributed by atoms with E-state index in [-0.39, 0.29) is 30.2 Å². The van der Waals surface area contributed by atoms with Crippen LogP contribution in [0.2, 0.25) is 0 Å². The van der Waals surface area contributed by atoms with Crippen LogP contribution in [0.3, 0.4) is 0 Å². The van der Waals surface area contributed by atoms with Crippen LogP contribution >= 0.6 is 0 Å². The van der Waals surface area contributed by atoms with Crippen molar-refractivity contribution in [1.29, 1.82) is 0 Å². The number of ether oxygens (including phenoxy) is 5. The lowest BCUT2D eigenvalue weighted by Gasteiger charge is -2.33. The number of para-hydroxylation sites is 2. The van der Waals surface area contributed by atoms with Gasteiger partial charge in [0.1, 0.15) is 18.2 Å². The summed E-state index contributed by atoms with van der Waals surface area (Å²) in [6, 6.07) is 12.0. The first kappa shape index (κ1) is 23.6. The van der Waals surface area contributed by atoms with Gasteiger partial charge in [0.05, 0.1) is 63.2 Å². The molecule has 0 saturated heterocycles. The molecule has 2 aromatic rings. The molecule has 174 valence electrons. The zero-order chi connectivity index (χ0) is 24.0. The fraction of sp³-hybridized carbons (Fsp3) is 0.261. The topological polar surface area (TPSA) is 113 Å². The fourth-order valence-electron chi connectivity index (χ4n) is 3.33. The van der Waals surface area contributed by atoms with Crippen LogP contribution in [0.5, 0.6) is 5.75 Å². The molecular formula is C23H24N2O8. The van der Waals surface area contributed by atoms with Gasteiger partial charge in [-0.2, -0.15) is 0 Å². The number of methoxy groups -OCH3 is 4. The van der Waals surface area contributed by atoms with Gasteiger partial charge in [-0.25, -0.2) is 14.4 Å². The highest BCUT2D eigenvalue weighted by molar-refractivity contribution is 6.04. The van der Waals surface area contributed by atoms with Gasteiger partial charge in [0.2, 0.25) is 0 Å². The van der Waals surface area contributed by atoms with Crippen LogP contribution in [-0.4, -0.2) is 59.7 Å². The van der Waals surface area contributed by atoms with E-state index in [9.17, 15) is 14.4 Å². The highest BCUT2D eigenvalue weighted by atomic mass is 16.5. The molecule has 0 aromatic heterocycles. The van der Waals surface area contributed by atoms with E-state index in [1.165, 1.54) is 32.3 Å². The molecule has 0 amide bonds. The summed E-state index contributed by atoms with van der Waals surface area (Å²) in [4.78, 5) is 38.7. The number of hydrogen-bond acceptors (Lipinski definition) is 10. The summed E-state index contributed by atoms with van der Waals surface area (Å²) >= 11 is 0. The number of hydrogen-bond donors (Lipinski definition) is 1. The second kappa shape index (κ2) is 10.5. The van der Waals surface area contributed by atoms with Crippen molar-refractivity contribution in [1.82, 2.24) is 0 Å². The molecule has 0 aliphatic carbocycles. The Labute approximate surface area is 190 Å². The van der Waals surface area contributed by atoms with E-state index in [0.29, 0.717) is 22.8 Å². The molecule has 1 aliphatic heterocycles. The Kier molecular flexibility index (Phi) is 7.52. The number of rotatable bonds is 7. The molecule has 1 N–H and O–H groups in total. The molecule has 0 saturated carbocycles. The third-order valence-corrected chi connectivity index (χ3v) is 4.92. The first-order valence-electron chi connectivity index (χ1n) is 9.82. The van der Waals surface area contributed by atoms with Crippen molar-refractivity contribution in [3.63, 3.8) is 0 Å². The highest BCUT2D eigenvalue weighted by Gasteiger charge is 2.34. The van der Waals surface area contributed by atoms with E-state index in [1.807, 2.05) is 12.1 Å². The lowest BCUT2D eigenvalue weighted by atomic mass is 10.1. The van der Waals surface area contributed by atoms with Crippen LogP contribution in [0.25, 0.3) is 0 Å². The van der Waals surface area contributed by atoms with E-state index in [2.05, 4.69) is 5.32 Å². The van der Waals surface area contributed by atoms with Crippen molar-refractivity contribution < 1.29 is 38.1 Å². The number of carbonyl (C=O) groups is 3. The molecule has 0 fully saturated rings. The first-order chi connectivity index (χ1) is 15.9. The molecule has 3 rings (SSSR count). The zero-order valence-electron chi connectivity index (χ0n) is 18.7. The van der Waals surface area contributed by atoms with Crippen LogP contribution in [0.4, 0.5) is 17.1 Å². The van der Waals surface area contributed by atoms with Crippen LogP contribution in [0.1, 0.15) is 10.4 Å². The minimum absolute atomic E-state index is 0.0117. The summed E-state index contributed by atoms with van der Waals surface area (Å²) in [7, 11) is 5.22.